The van der Waals surface area contributed by atoms with Gasteiger partial charge in [-0.05, 0) is 43.1 Å². The number of fused-ring (bicyclic) bond motifs is 1. The summed E-state index contributed by atoms with van der Waals surface area (Å²) >= 11 is 11.5. The quantitative estimate of drug-likeness (QED) is 0.280. The highest BCUT2D eigenvalue weighted by Gasteiger charge is 2.42. The van der Waals surface area contributed by atoms with E-state index in [1.54, 1.807) is 0 Å². The van der Waals surface area contributed by atoms with Gasteiger partial charge in [0.15, 0.2) is 0 Å². The van der Waals surface area contributed by atoms with Crippen LogP contribution in [0, 0.1) is 13.8 Å². The molecular weight excluding hydrogens is 466 g/mol. The van der Waals surface area contributed by atoms with E-state index in [1.807, 2.05) is 47.8 Å². The summed E-state index contributed by atoms with van der Waals surface area (Å²) in [4.78, 5) is 5.56. The van der Waals surface area contributed by atoms with Crippen LogP contribution in [-0.4, -0.2) is 32.3 Å². The van der Waals surface area contributed by atoms with E-state index < -0.39 is 0 Å². The maximum Gasteiger partial charge on any atom is 0.354 e. The normalized spacial score (nSPS) is 16.3. The third kappa shape index (κ3) is 5.23. The summed E-state index contributed by atoms with van der Waals surface area (Å²) in [5.74, 6) is 2.48. The molecule has 0 fully saturated rings. The van der Waals surface area contributed by atoms with E-state index in [-0.39, 0.29) is 6.17 Å². The van der Waals surface area contributed by atoms with E-state index in [0.29, 0.717) is 11.5 Å². The van der Waals surface area contributed by atoms with Gasteiger partial charge in [-0.1, -0.05) is 83.8 Å². The predicted molar refractivity (Wildman–Crippen MR) is 141 cm³/mol. The molecule has 9 heteroatoms. The van der Waals surface area contributed by atoms with Crippen LogP contribution in [0.2, 0.25) is 5.02 Å². The van der Waals surface area contributed by atoms with Gasteiger partial charge >= 0.3 is 5.95 Å². The Labute approximate surface area is 211 Å². The standard InChI is InChI=1S/C25H30ClN7S/c1-5-6-15-27-24-28-25-31(16-20-9-13-22(26)14-10-20)18(3)29-33(25)23(32(24)30-19(4)34)21-11-7-17(2)8-12-21/h7-14,23H,5-6,15-16H2,1-4H3,(H,30,34)/p+1. The fourth-order valence-electron chi connectivity index (χ4n) is 3.95. The van der Waals surface area contributed by atoms with Gasteiger partial charge < -0.3 is 0 Å². The second-order valence-electron chi connectivity index (χ2n) is 8.53. The summed E-state index contributed by atoms with van der Waals surface area (Å²) in [6.45, 7) is 9.52. The first kappa shape index (κ1) is 24.2. The first-order chi connectivity index (χ1) is 16.4. The minimum Gasteiger partial charge on any atom is -0.285 e. The summed E-state index contributed by atoms with van der Waals surface area (Å²) in [5, 5.41) is 11.2. The van der Waals surface area contributed by atoms with Gasteiger partial charge in [0.1, 0.15) is 0 Å². The third-order valence-electron chi connectivity index (χ3n) is 5.72. The lowest BCUT2D eigenvalue weighted by Crippen LogP contribution is -2.57. The number of nitrogens with zero attached hydrogens (tertiary/aromatic N) is 5. The number of aryl methyl sites for hydroxylation is 2. The molecule has 7 nitrogen and oxygen atoms in total. The number of guanidine groups is 1. The highest BCUT2D eigenvalue weighted by Crippen LogP contribution is 2.29. The summed E-state index contributed by atoms with van der Waals surface area (Å²) < 4.78 is 4.17. The zero-order valence-electron chi connectivity index (χ0n) is 20.0. The van der Waals surface area contributed by atoms with Gasteiger partial charge in [-0.15, -0.1) is 0 Å². The number of hydrogen-bond donors (Lipinski definition) is 2. The third-order valence-corrected chi connectivity index (χ3v) is 6.07. The maximum absolute atomic E-state index is 6.10. The second-order valence-corrected chi connectivity index (χ2v) is 9.58. The van der Waals surface area contributed by atoms with Gasteiger partial charge in [0.2, 0.25) is 12.0 Å². The average Bonchev–Trinajstić information content (AvgIpc) is 3.10. The lowest BCUT2D eigenvalue weighted by Gasteiger charge is -2.35. The molecule has 0 saturated carbocycles. The summed E-state index contributed by atoms with van der Waals surface area (Å²) in [6, 6.07) is 16.4. The average molecular weight is 497 g/mol. The number of hydrogen-bond acceptors (Lipinski definition) is 3. The van der Waals surface area contributed by atoms with Crippen molar-refractivity contribution in [2.45, 2.75) is 53.2 Å². The van der Waals surface area contributed by atoms with Crippen molar-refractivity contribution in [3.8, 4) is 0 Å². The van der Waals surface area contributed by atoms with E-state index >= 15 is 0 Å². The van der Waals surface area contributed by atoms with Crippen molar-refractivity contribution < 1.29 is 4.57 Å². The number of unbranched alkanes of at least 4 members (excludes halogenated alkanes) is 1. The van der Waals surface area contributed by atoms with E-state index in [1.165, 1.54) is 5.56 Å². The van der Waals surface area contributed by atoms with Crippen LogP contribution in [0.3, 0.4) is 0 Å². The van der Waals surface area contributed by atoms with Crippen LogP contribution in [-0.2, 0) is 6.54 Å². The molecule has 2 aromatic carbocycles. The Morgan fingerprint density at radius 3 is 2.53 bits per heavy atom. The van der Waals surface area contributed by atoms with Crippen molar-refractivity contribution in [2.75, 3.05) is 11.9 Å². The molecule has 0 bridgehead atoms. The first-order valence-electron chi connectivity index (χ1n) is 11.5. The van der Waals surface area contributed by atoms with E-state index in [4.69, 9.17) is 33.9 Å². The second kappa shape index (κ2) is 10.5. The highest BCUT2D eigenvalue weighted by molar-refractivity contribution is 7.80. The van der Waals surface area contributed by atoms with Crippen molar-refractivity contribution in [2.24, 2.45) is 4.99 Å². The number of aromatic nitrogens is 3. The van der Waals surface area contributed by atoms with Gasteiger partial charge in [0.05, 0.1) is 11.5 Å². The fraction of sp³-hybridized carbons (Fsp3) is 0.360. The number of rotatable bonds is 7. The Kier molecular flexibility index (Phi) is 7.48. The first-order valence-corrected chi connectivity index (χ1v) is 12.3. The number of aliphatic imine (C=N–C) groups is 1. The molecule has 0 aliphatic carbocycles. The molecule has 1 aliphatic heterocycles. The number of anilines is 1. The largest absolute Gasteiger partial charge is 0.354 e. The molecule has 178 valence electrons. The fourth-order valence-corrected chi connectivity index (χ4v) is 4.17. The molecule has 4 rings (SSSR count). The van der Waals surface area contributed by atoms with Crippen molar-refractivity contribution >= 4 is 40.7 Å². The lowest BCUT2D eigenvalue weighted by molar-refractivity contribution is -0.681. The summed E-state index contributed by atoms with van der Waals surface area (Å²) in [6.07, 6.45) is 1.82. The van der Waals surface area contributed by atoms with Crippen molar-refractivity contribution in [1.82, 2.24) is 20.2 Å². The highest BCUT2D eigenvalue weighted by atomic mass is 35.5. The molecule has 0 spiro atoms. The lowest BCUT2D eigenvalue weighted by atomic mass is 10.1. The number of nitrogens with one attached hydrogen (secondary N) is 2. The van der Waals surface area contributed by atoms with E-state index in [9.17, 15) is 0 Å². The van der Waals surface area contributed by atoms with Crippen LogP contribution < -0.4 is 15.3 Å². The topological polar surface area (TPSA) is 61.4 Å². The van der Waals surface area contributed by atoms with Gasteiger partial charge in [-0.2, -0.15) is 0 Å². The van der Waals surface area contributed by atoms with Crippen molar-refractivity contribution in [1.29, 1.82) is 0 Å². The molecule has 1 aliphatic rings. The molecule has 3 aromatic rings. The van der Waals surface area contributed by atoms with Gasteiger partial charge in [0.25, 0.3) is 5.96 Å². The van der Waals surface area contributed by atoms with Crippen LogP contribution in [0.25, 0.3) is 0 Å². The molecule has 1 unspecified atom stereocenters. The van der Waals surface area contributed by atoms with E-state index in [2.05, 4.69) is 53.4 Å². The number of halogens is 1. The number of benzene rings is 2. The molecule has 2 N–H and O–H groups in total. The van der Waals surface area contributed by atoms with Crippen LogP contribution in [0.5, 0.6) is 0 Å². The molecule has 0 radical (unpaired) electrons. The summed E-state index contributed by atoms with van der Waals surface area (Å²) in [5.41, 5.74) is 6.76. The smallest absolute Gasteiger partial charge is 0.285 e. The predicted octanol–water partition coefficient (Wildman–Crippen LogP) is 4.77. The van der Waals surface area contributed by atoms with Gasteiger partial charge in [0, 0.05) is 24.1 Å². The van der Waals surface area contributed by atoms with Gasteiger partial charge in [-0.25, -0.2) is 19.9 Å². The zero-order chi connectivity index (χ0) is 24.2. The monoisotopic (exact) mass is 496 g/mol. The molecular formula is C25H31ClN7S+. The molecule has 1 atom stereocenters. The van der Waals surface area contributed by atoms with E-state index in [0.717, 1.165) is 53.3 Å². The summed E-state index contributed by atoms with van der Waals surface area (Å²) in [7, 11) is 0. The van der Waals surface area contributed by atoms with Crippen molar-refractivity contribution in [3.05, 3.63) is 76.1 Å². The van der Waals surface area contributed by atoms with Crippen LogP contribution >= 0.6 is 23.8 Å². The molecule has 2 heterocycles. The Balaban J connectivity index is 1.84. The molecule has 0 amide bonds. The maximum atomic E-state index is 6.10. The number of hydrazine groups is 1. The minimum atomic E-state index is -0.264. The number of thiocarbonyl (C=S) groups is 1. The SMILES string of the molecule is CCCCN=C1Nc2n(nc(C)[n+]2Cc2ccc(Cl)cc2)C(c2ccc(C)cc2)N1NC(C)=S. The Morgan fingerprint density at radius 1 is 1.18 bits per heavy atom. The van der Waals surface area contributed by atoms with Crippen LogP contribution in [0.15, 0.2) is 53.5 Å². The van der Waals surface area contributed by atoms with Crippen LogP contribution in [0.4, 0.5) is 5.95 Å². The van der Waals surface area contributed by atoms with Gasteiger partial charge in [-0.3, -0.25) is 5.43 Å². The van der Waals surface area contributed by atoms with Crippen LogP contribution in [0.1, 0.15) is 55.4 Å². The zero-order valence-corrected chi connectivity index (χ0v) is 21.6. The Morgan fingerprint density at radius 2 is 1.88 bits per heavy atom. The van der Waals surface area contributed by atoms with Crippen molar-refractivity contribution in [3.63, 3.8) is 0 Å². The minimum absolute atomic E-state index is 0.264. The Bertz CT molecular complexity index is 1190. The molecule has 1 aromatic heterocycles. The molecule has 34 heavy (non-hydrogen) atoms. The molecule has 0 saturated heterocycles. The Hall–Kier alpha value is -2.97.